The minimum atomic E-state index is -0.882. The van der Waals surface area contributed by atoms with Crippen molar-refractivity contribution in [2.45, 2.75) is 19.3 Å². The number of ether oxygens (including phenoxy) is 1. The molecule has 0 bridgehead atoms. The summed E-state index contributed by atoms with van der Waals surface area (Å²) in [5.41, 5.74) is 0.293. The second kappa shape index (κ2) is 7.91. The summed E-state index contributed by atoms with van der Waals surface area (Å²) in [6.45, 7) is 2.72. The highest BCUT2D eigenvalue weighted by Gasteiger charge is 2.56. The molecule has 0 unspecified atom stereocenters. The molecule has 3 aliphatic rings. The maximum absolute atomic E-state index is 13.1. The van der Waals surface area contributed by atoms with Gasteiger partial charge < -0.3 is 19.9 Å². The molecule has 10 heteroatoms. The normalized spacial score (nSPS) is 23.3. The summed E-state index contributed by atoms with van der Waals surface area (Å²) in [4.78, 5) is 33.6. The van der Waals surface area contributed by atoms with E-state index in [4.69, 9.17) is 4.74 Å². The van der Waals surface area contributed by atoms with Gasteiger partial charge in [0.15, 0.2) is 5.82 Å². The van der Waals surface area contributed by atoms with E-state index < -0.39 is 5.41 Å². The second-order valence-corrected chi connectivity index (χ2v) is 8.53. The molecule has 5 rings (SSSR count). The Bertz CT molecular complexity index is 1100. The number of anilines is 3. The summed E-state index contributed by atoms with van der Waals surface area (Å²) in [5.74, 6) is 0.982. The third kappa shape index (κ3) is 3.48. The van der Waals surface area contributed by atoms with Crippen LogP contribution in [0.5, 0.6) is 0 Å². The third-order valence-corrected chi connectivity index (χ3v) is 6.54. The lowest BCUT2D eigenvalue weighted by atomic mass is 9.83. The van der Waals surface area contributed by atoms with E-state index in [0.29, 0.717) is 62.3 Å². The number of carbonyl (C=O) groups excluding carboxylic acids is 2. The van der Waals surface area contributed by atoms with Crippen molar-refractivity contribution in [3.8, 4) is 6.07 Å². The quantitative estimate of drug-likeness (QED) is 0.760. The Hall–Kier alpha value is -3.45. The van der Waals surface area contributed by atoms with E-state index in [1.807, 2.05) is 0 Å². The zero-order valence-electron chi connectivity index (χ0n) is 18.0. The first kappa shape index (κ1) is 20.5. The van der Waals surface area contributed by atoms with Crippen molar-refractivity contribution in [1.82, 2.24) is 19.7 Å². The number of aromatic nitrogens is 3. The molecule has 2 saturated heterocycles. The molecule has 1 aliphatic carbocycles. The van der Waals surface area contributed by atoms with E-state index in [-0.39, 0.29) is 17.7 Å². The molecule has 1 N–H and O–H groups in total. The fraction of sp³-hybridized carbons (Fsp3) is 0.500. The lowest BCUT2D eigenvalue weighted by Crippen LogP contribution is -2.41. The molecular weight excluding hydrogens is 410 g/mol. The standard InChI is InChI=1S/C22H25N7O3/c1-27-17(20(30)28-8-10-32-11-9-28)13-19(26-27)25-18-12-16(4-6-24-18)29-7-5-22(14-23,21(29)31)15-2-3-15/h4,6,12-13,15H,2-3,5,7-11H2,1H3,(H,24,25,26)/t22-/m1/s1. The van der Waals surface area contributed by atoms with Crippen LogP contribution in [-0.4, -0.2) is 64.3 Å². The zero-order chi connectivity index (χ0) is 22.3. The van der Waals surface area contributed by atoms with Crippen LogP contribution in [0.15, 0.2) is 24.4 Å². The van der Waals surface area contributed by atoms with Crippen molar-refractivity contribution in [3.05, 3.63) is 30.1 Å². The highest BCUT2D eigenvalue weighted by molar-refractivity contribution is 6.02. The average molecular weight is 435 g/mol. The molecule has 3 fully saturated rings. The van der Waals surface area contributed by atoms with Gasteiger partial charge in [-0.2, -0.15) is 10.4 Å². The first-order valence-corrected chi connectivity index (χ1v) is 10.9. The van der Waals surface area contributed by atoms with Gasteiger partial charge in [0.25, 0.3) is 5.91 Å². The van der Waals surface area contributed by atoms with Crippen LogP contribution in [0.25, 0.3) is 0 Å². The van der Waals surface area contributed by atoms with E-state index in [1.165, 1.54) is 0 Å². The van der Waals surface area contributed by atoms with Crippen LogP contribution in [0.1, 0.15) is 29.8 Å². The average Bonchev–Trinajstić information content (AvgIpc) is 3.53. The lowest BCUT2D eigenvalue weighted by Gasteiger charge is -2.26. The Labute approximate surface area is 185 Å². The number of nitrogens with one attached hydrogen (secondary N) is 1. The van der Waals surface area contributed by atoms with Crippen LogP contribution >= 0.6 is 0 Å². The molecule has 166 valence electrons. The maximum atomic E-state index is 13.1. The third-order valence-electron chi connectivity index (χ3n) is 6.54. The van der Waals surface area contributed by atoms with Gasteiger partial charge in [-0.3, -0.25) is 14.3 Å². The minimum Gasteiger partial charge on any atom is -0.378 e. The summed E-state index contributed by atoms with van der Waals surface area (Å²) in [5, 5.41) is 17.2. The molecule has 2 aliphatic heterocycles. The molecule has 0 spiro atoms. The summed E-state index contributed by atoms with van der Waals surface area (Å²) in [7, 11) is 1.73. The Balaban J connectivity index is 1.32. The Morgan fingerprint density at radius 3 is 2.75 bits per heavy atom. The molecule has 2 aromatic heterocycles. The number of nitrogens with zero attached hydrogens (tertiary/aromatic N) is 6. The number of pyridine rings is 1. The molecule has 1 atom stereocenters. The smallest absolute Gasteiger partial charge is 0.272 e. The number of nitriles is 1. The van der Waals surface area contributed by atoms with Crippen LogP contribution in [0, 0.1) is 22.7 Å². The van der Waals surface area contributed by atoms with Crippen LogP contribution in [0.2, 0.25) is 0 Å². The monoisotopic (exact) mass is 435 g/mol. The van der Waals surface area contributed by atoms with Crippen molar-refractivity contribution in [3.63, 3.8) is 0 Å². The molecule has 0 radical (unpaired) electrons. The number of aryl methyl sites for hydroxylation is 1. The fourth-order valence-electron chi connectivity index (χ4n) is 4.58. The first-order chi connectivity index (χ1) is 15.5. The number of hydrogen-bond donors (Lipinski definition) is 1. The number of morpholine rings is 1. The van der Waals surface area contributed by atoms with E-state index in [2.05, 4.69) is 21.5 Å². The molecular formula is C22H25N7O3. The van der Waals surface area contributed by atoms with Gasteiger partial charge in [0.1, 0.15) is 16.9 Å². The van der Waals surface area contributed by atoms with Gasteiger partial charge in [0.2, 0.25) is 5.91 Å². The van der Waals surface area contributed by atoms with Crippen LogP contribution in [0.3, 0.4) is 0 Å². The topological polar surface area (TPSA) is 116 Å². The van der Waals surface area contributed by atoms with Gasteiger partial charge in [-0.05, 0) is 31.2 Å². The van der Waals surface area contributed by atoms with E-state index in [9.17, 15) is 14.9 Å². The first-order valence-electron chi connectivity index (χ1n) is 10.9. The van der Waals surface area contributed by atoms with Gasteiger partial charge in [0.05, 0.1) is 19.3 Å². The molecule has 10 nitrogen and oxygen atoms in total. The molecule has 0 aromatic carbocycles. The summed E-state index contributed by atoms with van der Waals surface area (Å²) in [6, 6.07) is 7.55. The van der Waals surface area contributed by atoms with Gasteiger partial charge in [-0.15, -0.1) is 0 Å². The van der Waals surface area contributed by atoms with Crippen molar-refractivity contribution in [1.29, 1.82) is 5.26 Å². The second-order valence-electron chi connectivity index (χ2n) is 8.53. The summed E-state index contributed by atoms with van der Waals surface area (Å²) >= 11 is 0. The molecule has 2 amide bonds. The van der Waals surface area contributed by atoms with E-state index in [0.717, 1.165) is 12.8 Å². The van der Waals surface area contributed by atoms with Crippen molar-refractivity contribution >= 4 is 29.1 Å². The van der Waals surface area contributed by atoms with E-state index in [1.54, 1.807) is 45.9 Å². The SMILES string of the molecule is Cn1nc(Nc2cc(N3CC[C@@](C#N)(C4CC4)C3=O)ccn2)cc1C(=O)N1CCOCC1. The van der Waals surface area contributed by atoms with Gasteiger partial charge >= 0.3 is 0 Å². The zero-order valence-corrected chi connectivity index (χ0v) is 18.0. The van der Waals surface area contributed by atoms with Crippen molar-refractivity contribution < 1.29 is 14.3 Å². The van der Waals surface area contributed by atoms with Gasteiger partial charge in [0, 0.05) is 50.7 Å². The maximum Gasteiger partial charge on any atom is 0.272 e. The summed E-state index contributed by atoms with van der Waals surface area (Å²) in [6.07, 6.45) is 4.07. The predicted octanol–water partition coefficient (Wildman–Crippen LogP) is 1.69. The van der Waals surface area contributed by atoms with Crippen LogP contribution < -0.4 is 10.2 Å². The molecule has 1 saturated carbocycles. The number of hydrogen-bond acceptors (Lipinski definition) is 7. The predicted molar refractivity (Wildman–Crippen MR) is 115 cm³/mol. The Morgan fingerprint density at radius 2 is 2.03 bits per heavy atom. The molecule has 2 aromatic rings. The highest BCUT2D eigenvalue weighted by atomic mass is 16.5. The van der Waals surface area contributed by atoms with Crippen LogP contribution in [0.4, 0.5) is 17.3 Å². The minimum absolute atomic E-state index is 0.0892. The van der Waals surface area contributed by atoms with Crippen LogP contribution in [-0.2, 0) is 16.6 Å². The Morgan fingerprint density at radius 1 is 1.25 bits per heavy atom. The fourth-order valence-corrected chi connectivity index (χ4v) is 4.58. The highest BCUT2D eigenvalue weighted by Crippen LogP contribution is 2.51. The number of rotatable bonds is 5. The Kier molecular flexibility index (Phi) is 5.06. The largest absolute Gasteiger partial charge is 0.378 e. The van der Waals surface area contributed by atoms with Gasteiger partial charge in [-0.25, -0.2) is 4.98 Å². The van der Waals surface area contributed by atoms with E-state index >= 15 is 0 Å². The number of amides is 2. The lowest BCUT2D eigenvalue weighted by molar-refractivity contribution is -0.123. The number of carbonyl (C=O) groups is 2. The van der Waals surface area contributed by atoms with Crippen molar-refractivity contribution in [2.75, 3.05) is 43.1 Å². The van der Waals surface area contributed by atoms with Gasteiger partial charge in [-0.1, -0.05) is 0 Å². The molecule has 4 heterocycles. The molecule has 32 heavy (non-hydrogen) atoms. The van der Waals surface area contributed by atoms with Crippen molar-refractivity contribution in [2.24, 2.45) is 18.4 Å². The summed E-state index contributed by atoms with van der Waals surface area (Å²) < 4.78 is 6.86.